The third-order valence-corrected chi connectivity index (χ3v) is 4.75. The molecule has 3 rings (SSSR count). The lowest BCUT2D eigenvalue weighted by Gasteiger charge is -2.25. The van der Waals surface area contributed by atoms with Crippen molar-refractivity contribution in [2.24, 2.45) is 0 Å². The van der Waals surface area contributed by atoms with E-state index >= 15 is 0 Å². The number of carboxylic acid groups (broad SMARTS) is 1. The minimum atomic E-state index is -0.873. The van der Waals surface area contributed by atoms with E-state index in [0.29, 0.717) is 11.6 Å². The van der Waals surface area contributed by atoms with Crippen LogP contribution in [0, 0.1) is 0 Å². The highest BCUT2D eigenvalue weighted by atomic mass is 16.4. The zero-order chi connectivity index (χ0) is 16.9. The van der Waals surface area contributed by atoms with Crippen molar-refractivity contribution in [3.8, 4) is 0 Å². The van der Waals surface area contributed by atoms with Gasteiger partial charge in [0.2, 0.25) is 0 Å². The second-order valence-electron chi connectivity index (χ2n) is 6.58. The molecule has 1 heterocycles. The van der Waals surface area contributed by atoms with E-state index in [9.17, 15) is 4.79 Å². The van der Waals surface area contributed by atoms with Crippen LogP contribution in [0.5, 0.6) is 0 Å². The Balaban J connectivity index is 1.52. The van der Waals surface area contributed by atoms with E-state index in [2.05, 4.69) is 47.2 Å². The molecule has 0 amide bonds. The molecule has 1 atom stereocenters. The first-order valence-electron chi connectivity index (χ1n) is 8.40. The van der Waals surface area contributed by atoms with Crippen LogP contribution in [-0.2, 0) is 13.1 Å². The SMILES string of the molecule is CN(Cc1ccc(C(=O)O)cc1)C1CCN(Cc2ccccc2)C1. The van der Waals surface area contributed by atoms with Gasteiger partial charge in [-0.3, -0.25) is 9.80 Å². The number of likely N-dealkylation sites (N-methyl/N-ethyl adjacent to an activating group) is 1. The second kappa shape index (κ2) is 7.60. The fraction of sp³-hybridized carbons (Fsp3) is 0.350. The summed E-state index contributed by atoms with van der Waals surface area (Å²) in [6, 6.07) is 18.3. The van der Waals surface area contributed by atoms with Crippen molar-refractivity contribution in [3.05, 3.63) is 71.3 Å². The molecule has 24 heavy (non-hydrogen) atoms. The molecule has 1 aliphatic rings. The average molecular weight is 324 g/mol. The van der Waals surface area contributed by atoms with Gasteiger partial charge in [-0.2, -0.15) is 0 Å². The molecule has 1 fully saturated rings. The average Bonchev–Trinajstić information content (AvgIpc) is 3.05. The summed E-state index contributed by atoms with van der Waals surface area (Å²) >= 11 is 0. The molecule has 0 aromatic heterocycles. The summed E-state index contributed by atoms with van der Waals surface area (Å²) in [7, 11) is 2.15. The largest absolute Gasteiger partial charge is 0.478 e. The van der Waals surface area contributed by atoms with E-state index in [-0.39, 0.29) is 0 Å². The summed E-state index contributed by atoms with van der Waals surface area (Å²) in [6.45, 7) is 4.07. The number of aromatic carboxylic acids is 1. The highest BCUT2D eigenvalue weighted by molar-refractivity contribution is 5.87. The third-order valence-electron chi connectivity index (χ3n) is 4.75. The fourth-order valence-electron chi connectivity index (χ4n) is 3.33. The van der Waals surface area contributed by atoms with Crippen LogP contribution in [0.15, 0.2) is 54.6 Å². The molecule has 2 aromatic carbocycles. The molecule has 0 saturated carbocycles. The zero-order valence-corrected chi connectivity index (χ0v) is 14.1. The highest BCUT2D eigenvalue weighted by Crippen LogP contribution is 2.19. The highest BCUT2D eigenvalue weighted by Gasteiger charge is 2.25. The Bertz CT molecular complexity index is 670. The Labute approximate surface area is 143 Å². The summed E-state index contributed by atoms with van der Waals surface area (Å²) in [5.41, 5.74) is 2.87. The first kappa shape index (κ1) is 16.7. The molecule has 4 nitrogen and oxygen atoms in total. The van der Waals surface area contributed by atoms with Crippen molar-refractivity contribution in [3.63, 3.8) is 0 Å². The minimum Gasteiger partial charge on any atom is -0.478 e. The minimum absolute atomic E-state index is 0.344. The van der Waals surface area contributed by atoms with Crippen LogP contribution in [0.3, 0.4) is 0 Å². The van der Waals surface area contributed by atoms with Crippen LogP contribution in [0.1, 0.15) is 27.9 Å². The molecule has 0 aliphatic carbocycles. The van der Waals surface area contributed by atoms with Gasteiger partial charge < -0.3 is 5.11 Å². The number of likely N-dealkylation sites (tertiary alicyclic amines) is 1. The number of carbonyl (C=O) groups is 1. The fourth-order valence-corrected chi connectivity index (χ4v) is 3.33. The summed E-state index contributed by atoms with van der Waals surface area (Å²) in [5.74, 6) is -0.873. The van der Waals surface area contributed by atoms with Gasteiger partial charge in [-0.1, -0.05) is 42.5 Å². The van der Waals surface area contributed by atoms with E-state index in [4.69, 9.17) is 5.11 Å². The lowest BCUT2D eigenvalue weighted by Crippen LogP contribution is -2.34. The van der Waals surface area contributed by atoms with Crippen LogP contribution < -0.4 is 0 Å². The molecule has 1 N–H and O–H groups in total. The summed E-state index contributed by atoms with van der Waals surface area (Å²) < 4.78 is 0. The topological polar surface area (TPSA) is 43.8 Å². The molecule has 126 valence electrons. The maximum absolute atomic E-state index is 10.9. The van der Waals surface area contributed by atoms with Gasteiger partial charge in [-0.25, -0.2) is 4.79 Å². The number of hydrogen-bond acceptors (Lipinski definition) is 3. The monoisotopic (exact) mass is 324 g/mol. The molecule has 1 unspecified atom stereocenters. The number of rotatable bonds is 6. The van der Waals surface area contributed by atoms with Gasteiger partial charge in [0.25, 0.3) is 0 Å². The van der Waals surface area contributed by atoms with E-state index in [0.717, 1.165) is 31.7 Å². The number of benzene rings is 2. The zero-order valence-electron chi connectivity index (χ0n) is 14.1. The molecule has 2 aromatic rings. The summed E-state index contributed by atoms with van der Waals surface area (Å²) in [5, 5.41) is 8.96. The first-order valence-corrected chi connectivity index (χ1v) is 8.40. The van der Waals surface area contributed by atoms with Gasteiger partial charge in [-0.15, -0.1) is 0 Å². The predicted molar refractivity (Wildman–Crippen MR) is 95.0 cm³/mol. The van der Waals surface area contributed by atoms with Crippen molar-refractivity contribution in [2.75, 3.05) is 20.1 Å². The maximum atomic E-state index is 10.9. The molecular weight excluding hydrogens is 300 g/mol. The van der Waals surface area contributed by atoms with Crippen molar-refractivity contribution in [2.45, 2.75) is 25.6 Å². The van der Waals surface area contributed by atoms with E-state index in [1.165, 1.54) is 12.0 Å². The van der Waals surface area contributed by atoms with Gasteiger partial charge in [0, 0.05) is 32.2 Å². The Morgan fingerprint density at radius 1 is 1.12 bits per heavy atom. The van der Waals surface area contributed by atoms with E-state index in [1.54, 1.807) is 12.1 Å². The van der Waals surface area contributed by atoms with Crippen molar-refractivity contribution in [1.29, 1.82) is 0 Å². The molecular formula is C20H24N2O2. The van der Waals surface area contributed by atoms with Crippen LogP contribution in [0.2, 0.25) is 0 Å². The Kier molecular flexibility index (Phi) is 5.28. The van der Waals surface area contributed by atoms with Crippen molar-refractivity contribution < 1.29 is 9.90 Å². The number of carboxylic acids is 1. The Morgan fingerprint density at radius 3 is 2.50 bits per heavy atom. The smallest absolute Gasteiger partial charge is 0.335 e. The number of nitrogens with zero attached hydrogens (tertiary/aromatic N) is 2. The molecule has 4 heteroatoms. The van der Waals surface area contributed by atoms with Gasteiger partial charge in [0.15, 0.2) is 0 Å². The molecule has 1 aliphatic heterocycles. The second-order valence-corrected chi connectivity index (χ2v) is 6.58. The summed E-state index contributed by atoms with van der Waals surface area (Å²) in [6.07, 6.45) is 1.18. The van der Waals surface area contributed by atoms with Gasteiger partial charge in [0.05, 0.1) is 5.56 Å². The molecule has 0 radical (unpaired) electrons. The molecule has 1 saturated heterocycles. The standard InChI is InChI=1S/C20H24N2O2/c1-21(13-17-7-9-18(10-8-17)20(23)24)19-11-12-22(15-19)14-16-5-3-2-4-6-16/h2-10,19H,11-15H2,1H3,(H,23,24). The normalized spacial score (nSPS) is 18.2. The predicted octanol–water partition coefficient (Wildman–Crippen LogP) is 3.09. The summed E-state index contributed by atoms with van der Waals surface area (Å²) in [4.78, 5) is 15.8. The van der Waals surface area contributed by atoms with Crippen molar-refractivity contribution in [1.82, 2.24) is 9.80 Å². The molecule has 0 spiro atoms. The van der Waals surface area contributed by atoms with E-state index < -0.39 is 5.97 Å². The first-order chi connectivity index (χ1) is 11.6. The van der Waals surface area contributed by atoms with Crippen LogP contribution in [0.4, 0.5) is 0 Å². The van der Waals surface area contributed by atoms with Gasteiger partial charge >= 0.3 is 5.97 Å². The third kappa shape index (κ3) is 4.22. The van der Waals surface area contributed by atoms with Crippen LogP contribution in [0.25, 0.3) is 0 Å². The Hall–Kier alpha value is -2.17. The molecule has 0 bridgehead atoms. The maximum Gasteiger partial charge on any atom is 0.335 e. The van der Waals surface area contributed by atoms with Crippen LogP contribution >= 0.6 is 0 Å². The van der Waals surface area contributed by atoms with Gasteiger partial charge in [0.1, 0.15) is 0 Å². The quantitative estimate of drug-likeness (QED) is 0.887. The van der Waals surface area contributed by atoms with Crippen LogP contribution in [-0.4, -0.2) is 47.1 Å². The van der Waals surface area contributed by atoms with Gasteiger partial charge in [-0.05, 0) is 36.7 Å². The lowest BCUT2D eigenvalue weighted by molar-refractivity contribution is 0.0697. The van der Waals surface area contributed by atoms with Crippen molar-refractivity contribution >= 4 is 5.97 Å². The Morgan fingerprint density at radius 2 is 1.83 bits per heavy atom. The number of hydrogen-bond donors (Lipinski definition) is 1. The lowest BCUT2D eigenvalue weighted by atomic mass is 10.1. The van der Waals surface area contributed by atoms with E-state index in [1.807, 2.05) is 12.1 Å².